The van der Waals surface area contributed by atoms with E-state index in [2.05, 4.69) is 0 Å². The minimum absolute atomic E-state index is 0.152. The average molecular weight is 292 g/mol. The van der Waals surface area contributed by atoms with E-state index < -0.39 is 14.0 Å². The molecule has 2 aromatic rings. The van der Waals surface area contributed by atoms with E-state index in [1.807, 2.05) is 60.7 Å². The molecule has 1 unspecified atom stereocenters. The van der Waals surface area contributed by atoms with Crippen molar-refractivity contribution in [3.63, 3.8) is 0 Å². The lowest BCUT2D eigenvalue weighted by Gasteiger charge is -2.27. The van der Waals surface area contributed by atoms with Gasteiger partial charge >= 0.3 is 8.25 Å². The van der Waals surface area contributed by atoms with Crippen LogP contribution in [0.2, 0.25) is 0 Å². The summed E-state index contributed by atoms with van der Waals surface area (Å²) in [4.78, 5) is 9.01. The Kier molecular flexibility index (Phi) is 5.10. The Morgan fingerprint density at radius 1 is 0.900 bits per heavy atom. The lowest BCUT2D eigenvalue weighted by molar-refractivity contribution is -0.135. The van der Waals surface area contributed by atoms with E-state index in [1.54, 1.807) is 0 Å². The third kappa shape index (κ3) is 4.58. The topological polar surface area (TPSA) is 66.8 Å². The Bertz CT molecular complexity index is 515. The van der Waals surface area contributed by atoms with Crippen LogP contribution < -0.4 is 0 Å². The highest BCUT2D eigenvalue weighted by Gasteiger charge is 2.30. The fraction of sp³-hybridized carbons (Fsp3) is 0.200. The summed E-state index contributed by atoms with van der Waals surface area (Å²) in [6.45, 7) is 0. The highest BCUT2D eigenvalue weighted by molar-refractivity contribution is 7.32. The molecule has 2 rings (SSSR count). The molecule has 1 atom stereocenters. The van der Waals surface area contributed by atoms with Crippen molar-refractivity contribution >= 4 is 8.25 Å². The molecule has 2 N–H and O–H groups in total. The molecule has 0 aliphatic carbocycles. The van der Waals surface area contributed by atoms with Crippen molar-refractivity contribution in [2.45, 2.75) is 18.6 Å². The quantitative estimate of drug-likeness (QED) is 0.634. The zero-order valence-corrected chi connectivity index (χ0v) is 11.9. The maximum atomic E-state index is 11.0. The van der Waals surface area contributed by atoms with Gasteiger partial charge in [-0.05, 0) is 11.1 Å². The lowest BCUT2D eigenvalue weighted by Crippen LogP contribution is -2.35. The normalized spacial score (nSPS) is 13.1. The van der Waals surface area contributed by atoms with E-state index >= 15 is 0 Å². The molecule has 0 aliphatic rings. The zero-order valence-electron chi connectivity index (χ0n) is 10.9. The van der Waals surface area contributed by atoms with E-state index in [9.17, 15) is 9.67 Å². The van der Waals surface area contributed by atoms with Gasteiger partial charge in [-0.1, -0.05) is 60.7 Å². The highest BCUT2D eigenvalue weighted by Crippen LogP contribution is 2.30. The van der Waals surface area contributed by atoms with Gasteiger partial charge in [0.05, 0.1) is 0 Å². The van der Waals surface area contributed by atoms with Gasteiger partial charge < -0.3 is 10.00 Å². The molecule has 0 heterocycles. The Balaban J connectivity index is 2.19. The molecule has 0 fully saturated rings. The molecule has 0 spiro atoms. The predicted molar refractivity (Wildman–Crippen MR) is 77.5 cm³/mol. The van der Waals surface area contributed by atoms with Gasteiger partial charge in [0.2, 0.25) is 0 Å². The first-order chi connectivity index (χ1) is 9.57. The van der Waals surface area contributed by atoms with E-state index in [0.29, 0.717) is 0 Å². The lowest BCUT2D eigenvalue weighted by atomic mass is 9.98. The van der Waals surface area contributed by atoms with Crippen LogP contribution in [0.5, 0.6) is 0 Å². The molecule has 0 amide bonds. The first-order valence-corrected chi connectivity index (χ1v) is 7.56. The molecule has 0 radical (unpaired) electrons. The van der Waals surface area contributed by atoms with Gasteiger partial charge in [0.15, 0.2) is 5.79 Å². The Labute approximate surface area is 118 Å². The van der Waals surface area contributed by atoms with Crippen LogP contribution in [0.1, 0.15) is 11.1 Å². The molecule has 2 aromatic carbocycles. The third-order valence-electron chi connectivity index (χ3n) is 2.92. The molecular weight excluding hydrogens is 275 g/mol. The first-order valence-electron chi connectivity index (χ1n) is 6.30. The number of hydrogen-bond acceptors (Lipinski definition) is 3. The van der Waals surface area contributed by atoms with Crippen LogP contribution in [-0.2, 0) is 21.9 Å². The Hall–Kier alpha value is -1.45. The number of hydrogen-bond donors (Lipinski definition) is 2. The molecular formula is C15H17O4P. The average Bonchev–Trinajstić information content (AvgIpc) is 2.39. The minimum atomic E-state index is -3.23. The van der Waals surface area contributed by atoms with Gasteiger partial charge in [0.25, 0.3) is 0 Å². The van der Waals surface area contributed by atoms with Crippen molar-refractivity contribution in [3.05, 3.63) is 71.8 Å². The monoisotopic (exact) mass is 292 g/mol. The van der Waals surface area contributed by atoms with Crippen molar-refractivity contribution in [2.75, 3.05) is 0 Å². The molecule has 4 nitrogen and oxygen atoms in total. The van der Waals surface area contributed by atoms with E-state index in [4.69, 9.17) is 9.42 Å². The maximum absolute atomic E-state index is 11.0. The summed E-state index contributed by atoms with van der Waals surface area (Å²) in [6.07, 6.45) is 0.305. The molecule has 0 aliphatic heterocycles. The second-order valence-electron chi connectivity index (χ2n) is 4.64. The van der Waals surface area contributed by atoms with Crippen molar-refractivity contribution in [3.8, 4) is 0 Å². The van der Waals surface area contributed by atoms with Crippen LogP contribution in [0.3, 0.4) is 0 Å². The van der Waals surface area contributed by atoms with Gasteiger partial charge in [-0.2, -0.15) is 0 Å². The van der Waals surface area contributed by atoms with Crippen LogP contribution in [0.25, 0.3) is 0 Å². The second-order valence-corrected chi connectivity index (χ2v) is 5.37. The molecule has 0 aromatic heterocycles. The van der Waals surface area contributed by atoms with Crippen molar-refractivity contribution in [1.29, 1.82) is 0 Å². The summed E-state index contributed by atoms with van der Waals surface area (Å²) in [7, 11) is -3.23. The van der Waals surface area contributed by atoms with Gasteiger partial charge in [0, 0.05) is 12.8 Å². The Morgan fingerprint density at radius 2 is 1.30 bits per heavy atom. The second kappa shape index (κ2) is 6.82. The number of benzene rings is 2. The largest absolute Gasteiger partial charge is 0.365 e. The van der Waals surface area contributed by atoms with Crippen LogP contribution in [0.4, 0.5) is 0 Å². The first kappa shape index (κ1) is 14.9. The van der Waals surface area contributed by atoms with Gasteiger partial charge in [-0.3, -0.25) is 9.09 Å². The summed E-state index contributed by atoms with van der Waals surface area (Å²) in [6, 6.07) is 18.5. The third-order valence-corrected chi connectivity index (χ3v) is 3.48. The highest BCUT2D eigenvalue weighted by atomic mass is 31.1. The van der Waals surface area contributed by atoms with Crippen LogP contribution >= 0.6 is 8.25 Å². The maximum Gasteiger partial charge on any atom is 0.319 e. The van der Waals surface area contributed by atoms with E-state index in [1.165, 1.54) is 0 Å². The molecule has 0 saturated carbocycles. The van der Waals surface area contributed by atoms with Gasteiger partial charge in [0.1, 0.15) is 0 Å². The fourth-order valence-corrected chi connectivity index (χ4v) is 2.60. The summed E-state index contributed by atoms with van der Waals surface area (Å²) in [5.74, 6) is -1.69. The van der Waals surface area contributed by atoms with Gasteiger partial charge in [-0.15, -0.1) is 0 Å². The van der Waals surface area contributed by atoms with E-state index in [0.717, 1.165) is 11.1 Å². The van der Waals surface area contributed by atoms with Crippen molar-refractivity contribution in [2.24, 2.45) is 0 Å². The minimum Gasteiger partial charge on any atom is -0.365 e. The summed E-state index contributed by atoms with van der Waals surface area (Å²) in [5, 5.41) is 10.5. The molecule has 0 saturated heterocycles. The molecule has 106 valence electrons. The SMILES string of the molecule is O=[PH](O)OC(O)(Cc1ccccc1)Cc1ccccc1. The van der Waals surface area contributed by atoms with Gasteiger partial charge in [-0.25, -0.2) is 0 Å². The smallest absolute Gasteiger partial charge is 0.319 e. The summed E-state index contributed by atoms with van der Waals surface area (Å²) in [5.41, 5.74) is 1.68. The molecule has 0 bridgehead atoms. The van der Waals surface area contributed by atoms with Crippen LogP contribution in [0.15, 0.2) is 60.7 Å². The van der Waals surface area contributed by atoms with Crippen molar-refractivity contribution in [1.82, 2.24) is 0 Å². The molecule has 20 heavy (non-hydrogen) atoms. The Morgan fingerprint density at radius 3 is 1.65 bits per heavy atom. The predicted octanol–water partition coefficient (Wildman–Crippen LogP) is 2.56. The standard InChI is InChI=1S/C15H17O4P/c16-15(19-20(17)18,11-13-7-3-1-4-8-13)12-14-9-5-2-6-10-14/h1-10,16,20H,11-12H2,(H,17,18). The summed E-state index contributed by atoms with van der Waals surface area (Å²) < 4.78 is 15.9. The molecule has 5 heteroatoms. The van der Waals surface area contributed by atoms with Crippen LogP contribution in [-0.4, -0.2) is 15.8 Å². The number of aliphatic hydroxyl groups is 1. The van der Waals surface area contributed by atoms with Crippen molar-refractivity contribution < 1.29 is 19.1 Å². The van der Waals surface area contributed by atoms with E-state index in [-0.39, 0.29) is 12.8 Å². The number of rotatable bonds is 6. The van der Waals surface area contributed by atoms with Crippen LogP contribution in [0, 0.1) is 0 Å². The fourth-order valence-electron chi connectivity index (χ4n) is 2.13. The summed E-state index contributed by atoms with van der Waals surface area (Å²) >= 11 is 0. The zero-order chi connectivity index (χ0) is 14.4.